The van der Waals surface area contributed by atoms with E-state index in [1.807, 2.05) is 6.92 Å². The third-order valence-corrected chi connectivity index (χ3v) is 3.90. The molecule has 0 saturated carbocycles. The van der Waals surface area contributed by atoms with E-state index in [-0.39, 0.29) is 22.8 Å². The molecule has 0 atom stereocenters. The van der Waals surface area contributed by atoms with Crippen molar-refractivity contribution in [3.63, 3.8) is 0 Å². The molecular weight excluding hydrogens is 348 g/mol. The maximum absolute atomic E-state index is 12.6. The molecule has 0 unspecified atom stereocenters. The Morgan fingerprint density at radius 1 is 1.22 bits per heavy atom. The van der Waals surface area contributed by atoms with Crippen molar-refractivity contribution in [1.82, 2.24) is 15.2 Å². The summed E-state index contributed by atoms with van der Waals surface area (Å²) in [4.78, 5) is 25.0. The number of carbonyl (C=O) groups excluding carboxylic acids is 1. The number of hydrogen-bond acceptors (Lipinski definition) is 6. The number of hydrogen-bond donors (Lipinski definition) is 3. The lowest BCUT2D eigenvalue weighted by Crippen LogP contribution is -2.29. The predicted octanol–water partition coefficient (Wildman–Crippen LogP) is 1.98. The zero-order valence-corrected chi connectivity index (χ0v) is 14.6. The van der Waals surface area contributed by atoms with Gasteiger partial charge in [0.1, 0.15) is 11.5 Å². The molecule has 0 saturated heterocycles. The summed E-state index contributed by atoms with van der Waals surface area (Å²) < 4.78 is 1.27. The molecule has 3 aromatic rings. The van der Waals surface area contributed by atoms with E-state index in [4.69, 9.17) is 0 Å². The molecule has 0 fully saturated rings. The molecule has 138 valence electrons. The number of amides is 1. The number of hydrazone groups is 1. The molecule has 1 aromatic heterocycles. The van der Waals surface area contributed by atoms with Gasteiger partial charge >= 0.3 is 0 Å². The highest BCUT2D eigenvalue weighted by atomic mass is 16.3. The van der Waals surface area contributed by atoms with Crippen LogP contribution in [-0.4, -0.2) is 32.1 Å². The number of aromatic nitrogens is 2. The van der Waals surface area contributed by atoms with Crippen molar-refractivity contribution < 1.29 is 15.0 Å². The van der Waals surface area contributed by atoms with Gasteiger partial charge in [0.05, 0.1) is 11.6 Å². The molecule has 27 heavy (non-hydrogen) atoms. The number of nitrogens with one attached hydrogen (secondary N) is 1. The highest BCUT2D eigenvalue weighted by Crippen LogP contribution is 2.20. The van der Waals surface area contributed by atoms with Crippen molar-refractivity contribution in [2.24, 2.45) is 5.10 Å². The third-order valence-electron chi connectivity index (χ3n) is 3.90. The van der Waals surface area contributed by atoms with Gasteiger partial charge in [-0.3, -0.25) is 9.59 Å². The smallest absolute Gasteiger partial charge is 0.292 e. The Morgan fingerprint density at radius 3 is 2.67 bits per heavy atom. The van der Waals surface area contributed by atoms with Gasteiger partial charge in [-0.2, -0.15) is 10.2 Å². The summed E-state index contributed by atoms with van der Waals surface area (Å²) in [6, 6.07) is 10.8. The van der Waals surface area contributed by atoms with Gasteiger partial charge in [-0.05, 0) is 24.6 Å². The minimum Gasteiger partial charge on any atom is -0.508 e. The number of aromatic hydroxyl groups is 2. The quantitative estimate of drug-likeness (QED) is 0.471. The topological polar surface area (TPSA) is 117 Å². The van der Waals surface area contributed by atoms with Crippen LogP contribution in [0.25, 0.3) is 10.8 Å². The minimum absolute atomic E-state index is 0.0810. The van der Waals surface area contributed by atoms with Crippen LogP contribution in [-0.2, 0) is 6.54 Å². The van der Waals surface area contributed by atoms with Crippen molar-refractivity contribution in [3.8, 4) is 11.5 Å². The summed E-state index contributed by atoms with van der Waals surface area (Å²) in [7, 11) is 0. The number of rotatable bonds is 5. The lowest BCUT2D eigenvalue weighted by molar-refractivity contribution is 0.0949. The number of phenolic OH excluding ortho intramolecular Hbond substituents is 2. The number of aryl methyl sites for hydroxylation is 1. The predicted molar refractivity (Wildman–Crippen MR) is 101 cm³/mol. The Hall–Kier alpha value is -3.68. The SMILES string of the molecule is CCCn1nc(C(=O)N/N=C/c2ccc(O)cc2O)c2ccccc2c1=O. The standard InChI is InChI=1S/C19H18N4O4/c1-2-9-23-19(27)15-6-4-3-5-14(15)17(22-23)18(26)21-20-11-12-7-8-13(24)10-16(12)25/h3-8,10-11,24-25H,2,9H2,1H3,(H,21,26)/b20-11+. The average Bonchev–Trinajstić information content (AvgIpc) is 2.66. The van der Waals surface area contributed by atoms with Gasteiger partial charge in [-0.15, -0.1) is 0 Å². The Balaban J connectivity index is 1.92. The third kappa shape index (κ3) is 3.79. The first-order valence-corrected chi connectivity index (χ1v) is 8.36. The van der Waals surface area contributed by atoms with Crippen LogP contribution in [0.2, 0.25) is 0 Å². The number of fused-ring (bicyclic) bond motifs is 1. The van der Waals surface area contributed by atoms with Crippen LogP contribution in [0.3, 0.4) is 0 Å². The van der Waals surface area contributed by atoms with Gasteiger partial charge in [-0.1, -0.05) is 25.1 Å². The van der Waals surface area contributed by atoms with Gasteiger partial charge in [0, 0.05) is 23.6 Å². The van der Waals surface area contributed by atoms with Crippen molar-refractivity contribution in [1.29, 1.82) is 0 Å². The van der Waals surface area contributed by atoms with Gasteiger partial charge in [0.25, 0.3) is 11.5 Å². The maximum Gasteiger partial charge on any atom is 0.292 e. The fourth-order valence-electron chi connectivity index (χ4n) is 2.62. The first-order valence-electron chi connectivity index (χ1n) is 8.36. The highest BCUT2D eigenvalue weighted by molar-refractivity contribution is 6.05. The van der Waals surface area contributed by atoms with Crippen LogP contribution >= 0.6 is 0 Å². The van der Waals surface area contributed by atoms with E-state index in [2.05, 4.69) is 15.6 Å². The minimum atomic E-state index is -0.578. The van der Waals surface area contributed by atoms with E-state index in [0.717, 1.165) is 0 Å². The van der Waals surface area contributed by atoms with E-state index in [0.29, 0.717) is 29.3 Å². The molecule has 2 aromatic carbocycles. The summed E-state index contributed by atoms with van der Waals surface area (Å²) in [5.74, 6) is -0.832. The Kier molecular flexibility index (Phi) is 5.16. The van der Waals surface area contributed by atoms with Crippen LogP contribution in [0, 0.1) is 0 Å². The van der Waals surface area contributed by atoms with Crippen LogP contribution < -0.4 is 11.0 Å². The highest BCUT2D eigenvalue weighted by Gasteiger charge is 2.16. The van der Waals surface area contributed by atoms with Crippen molar-refractivity contribution in [3.05, 3.63) is 64.1 Å². The second-order valence-electron chi connectivity index (χ2n) is 5.86. The van der Waals surface area contributed by atoms with E-state index in [9.17, 15) is 19.8 Å². The second-order valence-corrected chi connectivity index (χ2v) is 5.86. The molecule has 8 nitrogen and oxygen atoms in total. The van der Waals surface area contributed by atoms with Gasteiger partial charge in [-0.25, -0.2) is 10.1 Å². The molecule has 0 bridgehead atoms. The normalized spacial score (nSPS) is 11.1. The molecule has 0 spiro atoms. The molecule has 1 amide bonds. The van der Waals surface area contributed by atoms with Crippen LogP contribution in [0.4, 0.5) is 0 Å². The molecule has 0 aliphatic rings. The molecule has 8 heteroatoms. The summed E-state index contributed by atoms with van der Waals surface area (Å²) in [5.41, 5.74) is 2.51. The fourth-order valence-corrected chi connectivity index (χ4v) is 2.62. The Labute approximate surface area is 154 Å². The second kappa shape index (κ2) is 7.69. The first kappa shape index (κ1) is 18.1. The molecule has 0 radical (unpaired) electrons. The monoisotopic (exact) mass is 366 g/mol. The Bertz CT molecular complexity index is 1090. The van der Waals surface area contributed by atoms with Crippen LogP contribution in [0.15, 0.2) is 52.4 Å². The average molecular weight is 366 g/mol. The van der Waals surface area contributed by atoms with Gasteiger partial charge in [0.15, 0.2) is 5.69 Å². The summed E-state index contributed by atoms with van der Waals surface area (Å²) in [6.45, 7) is 2.31. The summed E-state index contributed by atoms with van der Waals surface area (Å²) >= 11 is 0. The van der Waals surface area contributed by atoms with Crippen molar-refractivity contribution in [2.75, 3.05) is 0 Å². The van der Waals surface area contributed by atoms with Crippen molar-refractivity contribution in [2.45, 2.75) is 19.9 Å². The molecule has 3 N–H and O–H groups in total. The van der Waals surface area contributed by atoms with E-state index in [1.165, 1.54) is 29.1 Å². The molecular formula is C19H18N4O4. The molecule has 0 aliphatic carbocycles. The molecule has 3 rings (SSSR count). The lowest BCUT2D eigenvalue weighted by atomic mass is 10.1. The maximum atomic E-state index is 12.6. The van der Waals surface area contributed by atoms with E-state index in [1.54, 1.807) is 24.3 Å². The van der Waals surface area contributed by atoms with Crippen molar-refractivity contribution >= 4 is 22.9 Å². The number of carbonyl (C=O) groups is 1. The van der Waals surface area contributed by atoms with Gasteiger partial charge in [0.2, 0.25) is 0 Å². The zero-order valence-electron chi connectivity index (χ0n) is 14.6. The van der Waals surface area contributed by atoms with E-state index >= 15 is 0 Å². The molecule has 0 aliphatic heterocycles. The zero-order chi connectivity index (χ0) is 19.4. The largest absolute Gasteiger partial charge is 0.508 e. The number of benzene rings is 2. The fraction of sp³-hybridized carbons (Fsp3) is 0.158. The lowest BCUT2D eigenvalue weighted by Gasteiger charge is -2.09. The van der Waals surface area contributed by atoms with Crippen LogP contribution in [0.5, 0.6) is 11.5 Å². The summed E-state index contributed by atoms with van der Waals surface area (Å²) in [5, 5.41) is 27.9. The van der Waals surface area contributed by atoms with Crippen LogP contribution in [0.1, 0.15) is 29.4 Å². The van der Waals surface area contributed by atoms with Gasteiger partial charge < -0.3 is 10.2 Å². The summed E-state index contributed by atoms with van der Waals surface area (Å²) in [6.07, 6.45) is 1.95. The number of phenols is 2. The molecule has 1 heterocycles. The number of nitrogens with zero attached hydrogens (tertiary/aromatic N) is 3. The first-order chi connectivity index (χ1) is 13.0. The van der Waals surface area contributed by atoms with E-state index < -0.39 is 5.91 Å². The Morgan fingerprint density at radius 2 is 1.96 bits per heavy atom.